The molecule has 128 valence electrons. The van der Waals surface area contributed by atoms with Crippen molar-refractivity contribution in [2.75, 3.05) is 31.1 Å². The van der Waals surface area contributed by atoms with E-state index in [0.29, 0.717) is 17.8 Å². The van der Waals surface area contributed by atoms with Crippen molar-refractivity contribution >= 4 is 5.82 Å². The molecule has 2 aromatic rings. The first-order chi connectivity index (χ1) is 11.6. The van der Waals surface area contributed by atoms with Crippen molar-refractivity contribution in [3.63, 3.8) is 0 Å². The van der Waals surface area contributed by atoms with Gasteiger partial charge >= 0.3 is 0 Å². The summed E-state index contributed by atoms with van der Waals surface area (Å²) < 4.78 is 5.38. The van der Waals surface area contributed by atoms with Gasteiger partial charge in [0.25, 0.3) is 0 Å². The lowest BCUT2D eigenvalue weighted by Crippen LogP contribution is -2.29. The summed E-state index contributed by atoms with van der Waals surface area (Å²) in [6, 6.07) is 2.07. The highest BCUT2D eigenvalue weighted by atomic mass is 16.5. The minimum Gasteiger partial charge on any atom is -0.356 e. The highest BCUT2D eigenvalue weighted by Crippen LogP contribution is 2.33. The zero-order valence-electron chi connectivity index (χ0n) is 14.5. The molecule has 0 amide bonds. The Hall–Kier alpha value is -2.02. The van der Waals surface area contributed by atoms with Crippen LogP contribution in [0.5, 0.6) is 0 Å². The van der Waals surface area contributed by atoms with Crippen LogP contribution in [0, 0.1) is 18.8 Å². The quantitative estimate of drug-likeness (QED) is 0.848. The number of aryl methyl sites for hydroxylation is 1. The molecule has 0 aromatic carbocycles. The number of hydrogen-bond acceptors (Lipinski definition) is 7. The van der Waals surface area contributed by atoms with Gasteiger partial charge in [0, 0.05) is 43.9 Å². The lowest BCUT2D eigenvalue weighted by molar-refractivity contribution is 0.254. The molecule has 2 aliphatic rings. The minimum absolute atomic E-state index is 0.310. The molecule has 2 aliphatic heterocycles. The summed E-state index contributed by atoms with van der Waals surface area (Å²) in [5.41, 5.74) is 1.02. The Morgan fingerprint density at radius 1 is 1.17 bits per heavy atom. The first-order valence-corrected chi connectivity index (χ1v) is 8.67. The largest absolute Gasteiger partial charge is 0.356 e. The van der Waals surface area contributed by atoms with Gasteiger partial charge < -0.3 is 9.42 Å². The van der Waals surface area contributed by atoms with Crippen LogP contribution in [0.1, 0.15) is 37.2 Å². The monoisotopic (exact) mass is 328 g/mol. The summed E-state index contributed by atoms with van der Waals surface area (Å²) in [7, 11) is 0. The molecule has 2 fully saturated rings. The van der Waals surface area contributed by atoms with Crippen LogP contribution in [0.3, 0.4) is 0 Å². The van der Waals surface area contributed by atoms with Gasteiger partial charge in [0.2, 0.25) is 5.89 Å². The van der Waals surface area contributed by atoms with Crippen LogP contribution in [-0.2, 0) is 6.54 Å². The zero-order chi connectivity index (χ0) is 16.7. The van der Waals surface area contributed by atoms with Crippen LogP contribution >= 0.6 is 0 Å². The first kappa shape index (κ1) is 15.5. The molecule has 0 radical (unpaired) electrons. The van der Waals surface area contributed by atoms with Crippen molar-refractivity contribution in [2.45, 2.75) is 33.2 Å². The molecule has 7 nitrogen and oxygen atoms in total. The molecule has 2 saturated heterocycles. The van der Waals surface area contributed by atoms with Gasteiger partial charge in [-0.05, 0) is 18.8 Å². The molecule has 2 aromatic heterocycles. The van der Waals surface area contributed by atoms with Crippen molar-refractivity contribution in [3.05, 3.63) is 29.8 Å². The maximum Gasteiger partial charge on any atom is 0.240 e. The van der Waals surface area contributed by atoms with Crippen molar-refractivity contribution in [1.29, 1.82) is 0 Å². The van der Waals surface area contributed by atoms with Crippen LogP contribution < -0.4 is 4.90 Å². The van der Waals surface area contributed by atoms with E-state index in [1.807, 2.05) is 6.92 Å². The molecule has 4 rings (SSSR count). The van der Waals surface area contributed by atoms with Crippen LogP contribution in [0.15, 0.2) is 16.9 Å². The van der Waals surface area contributed by atoms with Crippen molar-refractivity contribution in [3.8, 4) is 0 Å². The first-order valence-electron chi connectivity index (χ1n) is 8.67. The summed E-state index contributed by atoms with van der Waals surface area (Å²) >= 11 is 0. The SMILES string of the molecule is Cc1cc(N2CC3CN(Cc4nc(C(C)C)no4)CC3C2)ncn1. The van der Waals surface area contributed by atoms with Crippen molar-refractivity contribution in [2.24, 2.45) is 11.8 Å². The smallest absolute Gasteiger partial charge is 0.240 e. The summed E-state index contributed by atoms with van der Waals surface area (Å²) in [5.74, 6) is 4.28. The van der Waals surface area contributed by atoms with Crippen molar-refractivity contribution < 1.29 is 4.52 Å². The summed E-state index contributed by atoms with van der Waals surface area (Å²) in [4.78, 5) is 17.9. The molecule has 0 spiro atoms. The second-order valence-corrected chi connectivity index (χ2v) is 7.34. The van der Waals surface area contributed by atoms with Gasteiger partial charge in [0.15, 0.2) is 5.82 Å². The van der Waals surface area contributed by atoms with Crippen molar-refractivity contribution in [1.82, 2.24) is 25.0 Å². The van der Waals surface area contributed by atoms with E-state index in [-0.39, 0.29) is 0 Å². The number of nitrogens with zero attached hydrogens (tertiary/aromatic N) is 6. The number of fused-ring (bicyclic) bond motifs is 1. The Labute approximate surface area is 142 Å². The number of hydrogen-bond donors (Lipinski definition) is 0. The predicted molar refractivity (Wildman–Crippen MR) is 89.6 cm³/mol. The molecule has 0 aliphatic carbocycles. The topological polar surface area (TPSA) is 71.2 Å². The van der Waals surface area contributed by atoms with E-state index in [4.69, 9.17) is 4.52 Å². The van der Waals surface area contributed by atoms with E-state index in [0.717, 1.165) is 56.0 Å². The standard InChI is InChI=1S/C17H24N6O/c1-11(2)17-20-16(24-21-17)9-22-5-13-7-23(8-14(13)6-22)15-4-12(3)18-10-19-15/h4,10-11,13-14H,5-9H2,1-3H3. The third-order valence-electron chi connectivity index (χ3n) is 5.03. The lowest BCUT2D eigenvalue weighted by Gasteiger charge is -2.21. The summed E-state index contributed by atoms with van der Waals surface area (Å²) in [5, 5.41) is 4.05. The maximum absolute atomic E-state index is 5.38. The van der Waals surface area contributed by atoms with Gasteiger partial charge in [0.1, 0.15) is 12.1 Å². The van der Waals surface area contributed by atoms with Gasteiger partial charge in [-0.25, -0.2) is 9.97 Å². The molecule has 2 unspecified atom stereocenters. The van der Waals surface area contributed by atoms with Crippen LogP contribution in [0.25, 0.3) is 0 Å². The Balaban J connectivity index is 1.35. The minimum atomic E-state index is 0.310. The molecular formula is C17H24N6O. The highest BCUT2D eigenvalue weighted by molar-refractivity contribution is 5.40. The fourth-order valence-corrected chi connectivity index (χ4v) is 3.78. The van der Waals surface area contributed by atoms with Gasteiger partial charge in [-0.3, -0.25) is 4.90 Å². The number of anilines is 1. The van der Waals surface area contributed by atoms with Crippen LogP contribution in [0.2, 0.25) is 0 Å². The second kappa shape index (κ2) is 6.12. The average molecular weight is 328 g/mol. The molecule has 4 heterocycles. The molecule has 7 heteroatoms. The molecule has 24 heavy (non-hydrogen) atoms. The molecular weight excluding hydrogens is 304 g/mol. The van der Waals surface area contributed by atoms with Crippen LogP contribution in [-0.4, -0.2) is 51.2 Å². The normalized spacial score (nSPS) is 24.1. The Morgan fingerprint density at radius 2 is 1.92 bits per heavy atom. The number of aromatic nitrogens is 4. The Morgan fingerprint density at radius 3 is 2.54 bits per heavy atom. The van der Waals surface area contributed by atoms with E-state index < -0.39 is 0 Å². The van der Waals surface area contributed by atoms with E-state index in [1.165, 1.54) is 0 Å². The molecule has 2 atom stereocenters. The van der Waals surface area contributed by atoms with E-state index in [2.05, 4.69) is 49.8 Å². The van der Waals surface area contributed by atoms with Gasteiger partial charge in [0.05, 0.1) is 6.54 Å². The summed E-state index contributed by atoms with van der Waals surface area (Å²) in [6.45, 7) is 11.3. The Bertz CT molecular complexity index is 701. The molecule has 0 saturated carbocycles. The third-order valence-corrected chi connectivity index (χ3v) is 5.03. The highest BCUT2D eigenvalue weighted by Gasteiger charge is 2.40. The Kier molecular flexibility index (Phi) is 3.96. The van der Waals surface area contributed by atoms with Gasteiger partial charge in [-0.1, -0.05) is 19.0 Å². The van der Waals surface area contributed by atoms with Gasteiger partial charge in [-0.2, -0.15) is 4.98 Å². The van der Waals surface area contributed by atoms with E-state index >= 15 is 0 Å². The lowest BCUT2D eigenvalue weighted by atomic mass is 10.0. The van der Waals surface area contributed by atoms with Crippen LogP contribution in [0.4, 0.5) is 5.82 Å². The predicted octanol–water partition coefficient (Wildman–Crippen LogP) is 1.86. The molecule has 0 bridgehead atoms. The average Bonchev–Trinajstić information content (AvgIpc) is 3.22. The zero-order valence-corrected chi connectivity index (χ0v) is 14.5. The fraction of sp³-hybridized carbons (Fsp3) is 0.647. The van der Waals surface area contributed by atoms with E-state index in [1.54, 1.807) is 6.33 Å². The fourth-order valence-electron chi connectivity index (χ4n) is 3.78. The van der Waals surface area contributed by atoms with E-state index in [9.17, 15) is 0 Å². The maximum atomic E-state index is 5.38. The third kappa shape index (κ3) is 3.00. The second-order valence-electron chi connectivity index (χ2n) is 7.34. The summed E-state index contributed by atoms with van der Waals surface area (Å²) in [6.07, 6.45) is 1.66. The van der Waals surface area contributed by atoms with Gasteiger partial charge in [-0.15, -0.1) is 0 Å². The number of likely N-dealkylation sites (tertiary alicyclic amines) is 1. The molecule has 0 N–H and O–H groups in total. The number of rotatable bonds is 4.